The van der Waals surface area contributed by atoms with Crippen molar-refractivity contribution in [3.05, 3.63) is 75.3 Å². The number of carbonyl (C=O) groups excluding carboxylic acids is 1. The molecule has 1 N–H and O–H groups in total. The Bertz CT molecular complexity index is 1070. The van der Waals surface area contributed by atoms with Gasteiger partial charge in [0.05, 0.1) is 12.2 Å². The molecule has 2 aromatic carbocycles. The normalized spacial score (nSPS) is 11.4. The lowest BCUT2D eigenvalue weighted by Crippen LogP contribution is -2.11. The second-order valence-electron chi connectivity index (χ2n) is 7.50. The summed E-state index contributed by atoms with van der Waals surface area (Å²) in [6.45, 7) is 2.79. The minimum Gasteiger partial charge on any atom is -0.494 e. The summed E-state index contributed by atoms with van der Waals surface area (Å²) >= 11 is 7.01. The van der Waals surface area contributed by atoms with Crippen molar-refractivity contribution in [2.75, 3.05) is 11.9 Å². The van der Waals surface area contributed by atoms with Crippen molar-refractivity contribution in [2.24, 2.45) is 0 Å². The molecule has 3 aromatic rings. The maximum Gasteiger partial charge on any atom is 0.416 e. The number of ether oxygens (including phenoxy) is 1. The second kappa shape index (κ2) is 11.5. The predicted octanol–water partition coefficient (Wildman–Crippen LogP) is 7.62. The van der Waals surface area contributed by atoms with Crippen LogP contribution in [0.3, 0.4) is 0 Å². The van der Waals surface area contributed by atoms with Gasteiger partial charge in [-0.15, -0.1) is 11.3 Å². The maximum absolute atomic E-state index is 13.3. The summed E-state index contributed by atoms with van der Waals surface area (Å²) in [5.74, 6) is 0.339. The molecule has 0 aliphatic heterocycles. The van der Waals surface area contributed by atoms with Gasteiger partial charge < -0.3 is 4.74 Å². The standard InChI is InChI=1S/C24H24ClF3N2O2S/c1-2-3-4-5-12-32-19-9-6-16(7-10-19)22(31)30-23-29-15-20(33-23)14-17-13-18(25)8-11-21(17)24(26,27)28/h6-11,13,15H,2-5,12,14H2,1H3,(H,29,30,31). The van der Waals surface area contributed by atoms with Crippen LogP contribution in [0, 0.1) is 0 Å². The van der Waals surface area contributed by atoms with Gasteiger partial charge in [0.25, 0.3) is 5.91 Å². The summed E-state index contributed by atoms with van der Waals surface area (Å²) in [6, 6.07) is 10.3. The number of amides is 1. The Morgan fingerprint density at radius 1 is 1.12 bits per heavy atom. The number of aromatic nitrogens is 1. The highest BCUT2D eigenvalue weighted by molar-refractivity contribution is 7.15. The largest absolute Gasteiger partial charge is 0.494 e. The lowest BCUT2D eigenvalue weighted by Gasteiger charge is -2.12. The van der Waals surface area contributed by atoms with Gasteiger partial charge in [-0.05, 0) is 54.4 Å². The highest BCUT2D eigenvalue weighted by Gasteiger charge is 2.33. The Morgan fingerprint density at radius 2 is 1.88 bits per heavy atom. The average Bonchev–Trinajstić information content (AvgIpc) is 3.19. The molecule has 0 aliphatic rings. The van der Waals surface area contributed by atoms with E-state index in [1.807, 2.05) is 0 Å². The molecule has 0 saturated heterocycles. The number of halogens is 4. The van der Waals surface area contributed by atoms with Crippen LogP contribution in [-0.2, 0) is 12.6 Å². The summed E-state index contributed by atoms with van der Waals surface area (Å²) < 4.78 is 45.5. The van der Waals surface area contributed by atoms with Crippen LogP contribution in [0.1, 0.15) is 59.0 Å². The third-order valence-electron chi connectivity index (χ3n) is 4.89. The molecule has 0 saturated carbocycles. The van der Waals surface area contributed by atoms with E-state index < -0.39 is 11.7 Å². The van der Waals surface area contributed by atoms with Crippen molar-refractivity contribution in [3.63, 3.8) is 0 Å². The number of rotatable bonds is 10. The van der Waals surface area contributed by atoms with Gasteiger partial charge in [-0.25, -0.2) is 4.98 Å². The molecular weight excluding hydrogens is 473 g/mol. The number of anilines is 1. The van der Waals surface area contributed by atoms with Crippen LogP contribution < -0.4 is 10.1 Å². The topological polar surface area (TPSA) is 51.2 Å². The van der Waals surface area contributed by atoms with Crippen molar-refractivity contribution in [1.82, 2.24) is 4.98 Å². The molecule has 0 radical (unpaired) electrons. The van der Waals surface area contributed by atoms with E-state index in [0.717, 1.165) is 30.2 Å². The van der Waals surface area contributed by atoms with E-state index in [0.29, 0.717) is 27.9 Å². The number of alkyl halides is 3. The average molecular weight is 497 g/mol. The minimum atomic E-state index is -4.48. The molecular formula is C24H24ClF3N2O2S. The first-order chi connectivity index (χ1) is 15.8. The summed E-state index contributed by atoms with van der Waals surface area (Å²) in [6.07, 6.45) is 1.45. The summed E-state index contributed by atoms with van der Waals surface area (Å²) in [5, 5.41) is 3.22. The van der Waals surface area contributed by atoms with E-state index in [-0.39, 0.29) is 22.9 Å². The molecule has 0 aliphatic carbocycles. The first kappa shape index (κ1) is 25.1. The number of hydrogen-bond acceptors (Lipinski definition) is 4. The quantitative estimate of drug-likeness (QED) is 0.294. The third-order valence-corrected chi connectivity index (χ3v) is 6.04. The van der Waals surface area contributed by atoms with Crippen molar-refractivity contribution in [3.8, 4) is 5.75 Å². The molecule has 176 valence electrons. The van der Waals surface area contributed by atoms with Crippen LogP contribution in [0.15, 0.2) is 48.7 Å². The molecule has 0 fully saturated rings. The van der Waals surface area contributed by atoms with Gasteiger partial charge in [0, 0.05) is 28.1 Å². The molecule has 9 heteroatoms. The van der Waals surface area contributed by atoms with Crippen LogP contribution >= 0.6 is 22.9 Å². The van der Waals surface area contributed by atoms with Crippen LogP contribution in [-0.4, -0.2) is 17.5 Å². The third kappa shape index (κ3) is 7.47. The van der Waals surface area contributed by atoms with Gasteiger partial charge in [0.2, 0.25) is 0 Å². The lowest BCUT2D eigenvalue weighted by molar-refractivity contribution is -0.138. The molecule has 1 aromatic heterocycles. The first-order valence-electron chi connectivity index (χ1n) is 10.6. The Morgan fingerprint density at radius 3 is 2.58 bits per heavy atom. The summed E-state index contributed by atoms with van der Waals surface area (Å²) in [5.41, 5.74) is -0.250. The van der Waals surface area contributed by atoms with Gasteiger partial charge in [-0.3, -0.25) is 10.1 Å². The zero-order valence-corrected chi connectivity index (χ0v) is 19.6. The van der Waals surface area contributed by atoms with Crippen LogP contribution in [0.25, 0.3) is 0 Å². The number of benzene rings is 2. The van der Waals surface area contributed by atoms with Crippen molar-refractivity contribution < 1.29 is 22.7 Å². The van der Waals surface area contributed by atoms with Gasteiger partial charge in [-0.1, -0.05) is 37.8 Å². The summed E-state index contributed by atoms with van der Waals surface area (Å²) in [7, 11) is 0. The van der Waals surface area contributed by atoms with Crippen molar-refractivity contribution >= 4 is 34.0 Å². The van der Waals surface area contributed by atoms with E-state index in [1.54, 1.807) is 24.3 Å². The van der Waals surface area contributed by atoms with Crippen LogP contribution in [0.4, 0.5) is 18.3 Å². The predicted molar refractivity (Wildman–Crippen MR) is 125 cm³/mol. The zero-order chi connectivity index (χ0) is 23.8. The van der Waals surface area contributed by atoms with Crippen molar-refractivity contribution in [1.29, 1.82) is 0 Å². The monoisotopic (exact) mass is 496 g/mol. The fourth-order valence-corrected chi connectivity index (χ4v) is 4.24. The molecule has 0 bridgehead atoms. The Balaban J connectivity index is 1.59. The van der Waals surface area contributed by atoms with Gasteiger partial charge in [-0.2, -0.15) is 13.2 Å². The fraction of sp³-hybridized carbons (Fsp3) is 0.333. The van der Waals surface area contributed by atoms with E-state index in [9.17, 15) is 18.0 Å². The van der Waals surface area contributed by atoms with E-state index in [2.05, 4.69) is 17.2 Å². The number of nitrogens with one attached hydrogen (secondary N) is 1. The molecule has 1 heterocycles. The molecule has 0 atom stereocenters. The highest BCUT2D eigenvalue weighted by atomic mass is 35.5. The Hall–Kier alpha value is -2.58. The zero-order valence-electron chi connectivity index (χ0n) is 18.0. The summed E-state index contributed by atoms with van der Waals surface area (Å²) in [4.78, 5) is 17.2. The fourth-order valence-electron chi connectivity index (χ4n) is 3.21. The van der Waals surface area contributed by atoms with Crippen molar-refractivity contribution in [2.45, 2.75) is 45.2 Å². The maximum atomic E-state index is 13.3. The molecule has 4 nitrogen and oxygen atoms in total. The Kier molecular flexibility index (Phi) is 8.74. The molecule has 0 unspecified atom stereocenters. The number of carbonyl (C=O) groups is 1. The smallest absolute Gasteiger partial charge is 0.416 e. The Labute approximate surface area is 199 Å². The minimum absolute atomic E-state index is 0.00717. The number of hydrogen-bond donors (Lipinski definition) is 1. The highest BCUT2D eigenvalue weighted by Crippen LogP contribution is 2.35. The molecule has 1 amide bonds. The van der Waals surface area contributed by atoms with Gasteiger partial charge in [0.1, 0.15) is 5.75 Å². The van der Waals surface area contributed by atoms with Crippen LogP contribution in [0.2, 0.25) is 5.02 Å². The number of thiazole rings is 1. The molecule has 3 rings (SSSR count). The van der Waals surface area contributed by atoms with E-state index >= 15 is 0 Å². The second-order valence-corrected chi connectivity index (χ2v) is 9.05. The van der Waals surface area contributed by atoms with E-state index in [1.165, 1.54) is 31.2 Å². The molecule has 0 spiro atoms. The van der Waals surface area contributed by atoms with E-state index in [4.69, 9.17) is 16.3 Å². The van der Waals surface area contributed by atoms with Gasteiger partial charge in [0.15, 0.2) is 5.13 Å². The molecule has 33 heavy (non-hydrogen) atoms. The van der Waals surface area contributed by atoms with Gasteiger partial charge >= 0.3 is 6.18 Å². The number of unbranched alkanes of at least 4 members (excludes halogenated alkanes) is 3. The lowest BCUT2D eigenvalue weighted by atomic mass is 10.0. The van der Waals surface area contributed by atoms with Crippen LogP contribution in [0.5, 0.6) is 5.75 Å². The number of nitrogens with zero attached hydrogens (tertiary/aromatic N) is 1. The first-order valence-corrected chi connectivity index (χ1v) is 11.8. The SMILES string of the molecule is CCCCCCOc1ccc(C(=O)Nc2ncc(Cc3cc(Cl)ccc3C(F)(F)F)s2)cc1.